The van der Waals surface area contributed by atoms with Gasteiger partial charge in [0.15, 0.2) is 0 Å². The molecule has 1 heterocycles. The van der Waals surface area contributed by atoms with Crippen molar-refractivity contribution in [1.29, 1.82) is 0 Å². The summed E-state index contributed by atoms with van der Waals surface area (Å²) in [5.74, 6) is -0.271. The monoisotopic (exact) mass is 312 g/mol. The molecule has 1 aromatic rings. The number of hydrogen-bond acceptors (Lipinski definition) is 3. The van der Waals surface area contributed by atoms with Gasteiger partial charge in [-0.25, -0.2) is 0 Å². The van der Waals surface area contributed by atoms with Gasteiger partial charge in [-0.2, -0.15) is 0 Å². The molecular weight excluding hydrogens is 296 g/mol. The van der Waals surface area contributed by atoms with E-state index in [9.17, 15) is 4.79 Å². The summed E-state index contributed by atoms with van der Waals surface area (Å²) in [7, 11) is 0. The van der Waals surface area contributed by atoms with Crippen molar-refractivity contribution >= 4 is 27.5 Å². The maximum absolute atomic E-state index is 11.5. The van der Waals surface area contributed by atoms with Crippen LogP contribution in [0.5, 0.6) is 0 Å². The second kappa shape index (κ2) is 5.71. The summed E-state index contributed by atoms with van der Waals surface area (Å²) < 4.78 is 0.891. The Balaban J connectivity index is 2.31. The third kappa shape index (κ3) is 2.67. The number of benzene rings is 1. The summed E-state index contributed by atoms with van der Waals surface area (Å²) >= 11 is 3.50. The molecule has 1 amide bonds. The van der Waals surface area contributed by atoms with Crippen molar-refractivity contribution in [3.05, 3.63) is 28.2 Å². The fourth-order valence-corrected chi connectivity index (χ4v) is 3.05. The molecule has 0 saturated carbocycles. The summed E-state index contributed by atoms with van der Waals surface area (Å²) in [4.78, 5) is 13.6. The van der Waals surface area contributed by atoms with Crippen molar-refractivity contribution in [2.24, 2.45) is 5.73 Å². The molecule has 0 spiro atoms. The molecule has 1 atom stereocenters. The van der Waals surface area contributed by atoms with Gasteiger partial charge in [0, 0.05) is 11.0 Å². The van der Waals surface area contributed by atoms with Crippen molar-refractivity contribution in [2.75, 3.05) is 11.4 Å². The van der Waals surface area contributed by atoms with E-state index in [1.54, 1.807) is 0 Å². The SMILES string of the molecule is NC(=O)C1CCCCN1c1ccc(CO)cc1Br. The number of nitrogens with zero attached hydrogens (tertiary/aromatic N) is 1. The predicted octanol–water partition coefficient (Wildman–Crippen LogP) is 1.79. The van der Waals surface area contributed by atoms with Crippen LogP contribution in [0, 0.1) is 0 Å². The third-order valence-corrected chi connectivity index (χ3v) is 3.97. The molecule has 0 aromatic heterocycles. The third-order valence-electron chi connectivity index (χ3n) is 3.34. The van der Waals surface area contributed by atoms with E-state index in [0.717, 1.165) is 41.5 Å². The Bertz CT molecular complexity index is 451. The average Bonchev–Trinajstić information content (AvgIpc) is 2.38. The molecule has 1 aliphatic heterocycles. The highest BCUT2D eigenvalue weighted by molar-refractivity contribution is 9.10. The summed E-state index contributed by atoms with van der Waals surface area (Å²) in [5.41, 5.74) is 7.28. The fourth-order valence-electron chi connectivity index (χ4n) is 2.40. The molecule has 1 aromatic carbocycles. The van der Waals surface area contributed by atoms with Crippen molar-refractivity contribution < 1.29 is 9.90 Å². The van der Waals surface area contributed by atoms with Gasteiger partial charge in [-0.05, 0) is 52.9 Å². The Labute approximate surface area is 115 Å². The molecule has 1 aliphatic rings. The second-order valence-corrected chi connectivity index (χ2v) is 5.41. The topological polar surface area (TPSA) is 66.6 Å². The Hall–Kier alpha value is -1.07. The highest BCUT2D eigenvalue weighted by Crippen LogP contribution is 2.32. The molecule has 1 fully saturated rings. The van der Waals surface area contributed by atoms with Gasteiger partial charge in [-0.1, -0.05) is 6.07 Å². The van der Waals surface area contributed by atoms with Crippen LogP contribution in [-0.4, -0.2) is 23.6 Å². The molecule has 2 rings (SSSR count). The summed E-state index contributed by atoms with van der Waals surface area (Å²) in [6, 6.07) is 5.45. The van der Waals surface area contributed by atoms with Gasteiger partial charge in [-0.15, -0.1) is 0 Å². The minimum atomic E-state index is -0.271. The number of nitrogens with two attached hydrogens (primary N) is 1. The highest BCUT2D eigenvalue weighted by atomic mass is 79.9. The molecule has 1 saturated heterocycles. The zero-order valence-corrected chi connectivity index (χ0v) is 11.7. The number of rotatable bonds is 3. The van der Waals surface area contributed by atoms with E-state index in [4.69, 9.17) is 10.8 Å². The predicted molar refractivity (Wildman–Crippen MR) is 74.2 cm³/mol. The number of carbonyl (C=O) groups is 1. The first-order valence-electron chi connectivity index (χ1n) is 6.08. The molecule has 0 radical (unpaired) electrons. The number of anilines is 1. The lowest BCUT2D eigenvalue weighted by Gasteiger charge is -2.36. The molecule has 4 nitrogen and oxygen atoms in total. The number of halogens is 1. The number of amides is 1. The molecule has 0 bridgehead atoms. The lowest BCUT2D eigenvalue weighted by molar-refractivity contribution is -0.119. The first kappa shape index (κ1) is 13.4. The number of hydrogen-bond donors (Lipinski definition) is 2. The molecule has 1 unspecified atom stereocenters. The minimum Gasteiger partial charge on any atom is -0.392 e. The zero-order chi connectivity index (χ0) is 13.1. The van der Waals surface area contributed by atoms with Crippen LogP contribution in [-0.2, 0) is 11.4 Å². The minimum absolute atomic E-state index is 0.0120. The van der Waals surface area contributed by atoms with E-state index >= 15 is 0 Å². The Morgan fingerprint density at radius 3 is 2.89 bits per heavy atom. The standard InChI is InChI=1S/C13H17BrN2O2/c14-10-7-9(8-17)4-5-11(10)16-6-2-1-3-12(16)13(15)18/h4-5,7,12,17H,1-3,6,8H2,(H2,15,18). The van der Waals surface area contributed by atoms with Crippen LogP contribution in [0.2, 0.25) is 0 Å². The number of aliphatic hydroxyl groups excluding tert-OH is 1. The van der Waals surface area contributed by atoms with Crippen molar-refractivity contribution in [3.8, 4) is 0 Å². The molecular formula is C13H17BrN2O2. The summed E-state index contributed by atoms with van der Waals surface area (Å²) in [6.45, 7) is 0.850. The molecule has 5 heteroatoms. The van der Waals surface area contributed by atoms with Crippen molar-refractivity contribution in [1.82, 2.24) is 0 Å². The molecule has 3 N–H and O–H groups in total. The number of primary amides is 1. The van der Waals surface area contributed by atoms with Gasteiger partial charge in [0.05, 0.1) is 12.3 Å². The largest absolute Gasteiger partial charge is 0.392 e. The van der Waals surface area contributed by atoms with Crippen LogP contribution in [0.1, 0.15) is 24.8 Å². The fraction of sp³-hybridized carbons (Fsp3) is 0.462. The zero-order valence-electron chi connectivity index (χ0n) is 10.1. The smallest absolute Gasteiger partial charge is 0.240 e. The van der Waals surface area contributed by atoms with Gasteiger partial charge in [0.2, 0.25) is 5.91 Å². The van der Waals surface area contributed by atoms with Gasteiger partial charge in [0.25, 0.3) is 0 Å². The van der Waals surface area contributed by atoms with Gasteiger partial charge < -0.3 is 15.7 Å². The Morgan fingerprint density at radius 1 is 1.50 bits per heavy atom. The van der Waals surface area contributed by atoms with E-state index in [0.29, 0.717) is 0 Å². The number of aliphatic hydroxyl groups is 1. The van der Waals surface area contributed by atoms with E-state index in [-0.39, 0.29) is 18.6 Å². The van der Waals surface area contributed by atoms with Crippen LogP contribution in [0.3, 0.4) is 0 Å². The lowest BCUT2D eigenvalue weighted by Crippen LogP contribution is -2.48. The average molecular weight is 313 g/mol. The van der Waals surface area contributed by atoms with Crippen LogP contribution >= 0.6 is 15.9 Å². The van der Waals surface area contributed by atoms with Crippen LogP contribution in [0.15, 0.2) is 22.7 Å². The maximum Gasteiger partial charge on any atom is 0.240 e. The van der Waals surface area contributed by atoms with Crippen LogP contribution in [0.4, 0.5) is 5.69 Å². The van der Waals surface area contributed by atoms with Gasteiger partial charge >= 0.3 is 0 Å². The quantitative estimate of drug-likeness (QED) is 0.894. The van der Waals surface area contributed by atoms with Crippen LogP contribution in [0.25, 0.3) is 0 Å². The van der Waals surface area contributed by atoms with Crippen molar-refractivity contribution in [3.63, 3.8) is 0 Å². The molecule has 98 valence electrons. The second-order valence-electron chi connectivity index (χ2n) is 4.55. The van der Waals surface area contributed by atoms with Crippen LogP contribution < -0.4 is 10.6 Å². The maximum atomic E-state index is 11.5. The van der Waals surface area contributed by atoms with E-state index in [1.165, 1.54) is 0 Å². The van der Waals surface area contributed by atoms with E-state index in [2.05, 4.69) is 20.8 Å². The summed E-state index contributed by atoms with van der Waals surface area (Å²) in [5, 5.41) is 9.09. The normalized spacial score (nSPS) is 19.9. The lowest BCUT2D eigenvalue weighted by atomic mass is 10.0. The highest BCUT2D eigenvalue weighted by Gasteiger charge is 2.28. The Morgan fingerprint density at radius 2 is 2.28 bits per heavy atom. The Kier molecular flexibility index (Phi) is 4.24. The van der Waals surface area contributed by atoms with Gasteiger partial charge in [-0.3, -0.25) is 4.79 Å². The first-order chi connectivity index (χ1) is 8.63. The number of piperidine rings is 1. The molecule has 18 heavy (non-hydrogen) atoms. The summed E-state index contributed by atoms with van der Waals surface area (Å²) in [6.07, 6.45) is 2.91. The van der Waals surface area contributed by atoms with Crippen molar-refractivity contribution in [2.45, 2.75) is 31.9 Å². The van der Waals surface area contributed by atoms with Gasteiger partial charge in [0.1, 0.15) is 6.04 Å². The number of carbonyl (C=O) groups excluding carboxylic acids is 1. The first-order valence-corrected chi connectivity index (χ1v) is 6.88. The van der Waals surface area contributed by atoms with E-state index in [1.807, 2.05) is 18.2 Å². The molecule has 0 aliphatic carbocycles. The van der Waals surface area contributed by atoms with E-state index < -0.39 is 0 Å².